The van der Waals surface area contributed by atoms with Crippen LogP contribution in [0.1, 0.15) is 12.8 Å². The molecule has 0 aromatic carbocycles. The predicted molar refractivity (Wildman–Crippen MR) is 43.0 cm³/mol. The lowest BCUT2D eigenvalue weighted by atomic mass is 10.1. The van der Waals surface area contributed by atoms with Crippen molar-refractivity contribution in [1.82, 2.24) is 5.32 Å². The van der Waals surface area contributed by atoms with Crippen LogP contribution in [0.4, 0.5) is 22.0 Å². The standard InChI is InChI=1S/C8H10F5NO2/c9-7(10,8(11,12)13)6(15)14-5-2-1-3-16-4-5/h5H,1-4H2,(H,14,15). The van der Waals surface area contributed by atoms with Crippen LogP contribution in [0, 0.1) is 0 Å². The maximum absolute atomic E-state index is 12.5. The normalized spacial score (nSPS) is 22.9. The summed E-state index contributed by atoms with van der Waals surface area (Å²) in [5.41, 5.74) is 0. The number of ether oxygens (including phenoxy) is 1. The number of carbonyl (C=O) groups is 1. The van der Waals surface area contributed by atoms with Gasteiger partial charge in [-0.15, -0.1) is 0 Å². The second kappa shape index (κ2) is 4.52. The van der Waals surface area contributed by atoms with Crippen LogP contribution >= 0.6 is 0 Å². The zero-order valence-electron chi connectivity index (χ0n) is 8.11. The molecule has 1 heterocycles. The van der Waals surface area contributed by atoms with Gasteiger partial charge in [-0.25, -0.2) is 0 Å². The van der Waals surface area contributed by atoms with Crippen LogP contribution in [0.15, 0.2) is 0 Å². The molecule has 1 N–H and O–H groups in total. The Bertz CT molecular complexity index is 260. The quantitative estimate of drug-likeness (QED) is 0.750. The van der Waals surface area contributed by atoms with Gasteiger partial charge in [-0.1, -0.05) is 0 Å². The Balaban J connectivity index is 2.57. The molecule has 16 heavy (non-hydrogen) atoms. The first kappa shape index (κ1) is 13.1. The van der Waals surface area contributed by atoms with Crippen molar-refractivity contribution < 1.29 is 31.5 Å². The third-order valence-corrected chi connectivity index (χ3v) is 2.14. The average Bonchev–Trinajstić information content (AvgIpc) is 2.17. The van der Waals surface area contributed by atoms with Gasteiger partial charge in [-0.2, -0.15) is 22.0 Å². The van der Waals surface area contributed by atoms with Crippen LogP contribution in [0.5, 0.6) is 0 Å². The van der Waals surface area contributed by atoms with E-state index < -0.39 is 24.0 Å². The molecule has 0 aromatic heterocycles. The molecule has 8 heteroatoms. The molecule has 0 spiro atoms. The number of hydrogen-bond acceptors (Lipinski definition) is 2. The molecular weight excluding hydrogens is 237 g/mol. The molecule has 0 aromatic rings. The topological polar surface area (TPSA) is 38.3 Å². The SMILES string of the molecule is O=C(NC1CCCOC1)C(F)(F)C(F)(F)F. The lowest BCUT2D eigenvalue weighted by Gasteiger charge is -2.26. The summed E-state index contributed by atoms with van der Waals surface area (Å²) >= 11 is 0. The lowest BCUT2D eigenvalue weighted by Crippen LogP contribution is -2.54. The molecule has 1 aliphatic rings. The molecule has 1 saturated heterocycles. The van der Waals surface area contributed by atoms with Gasteiger partial charge in [0, 0.05) is 6.61 Å². The van der Waals surface area contributed by atoms with Crippen molar-refractivity contribution in [3.63, 3.8) is 0 Å². The van der Waals surface area contributed by atoms with Crippen molar-refractivity contribution >= 4 is 5.91 Å². The number of rotatable bonds is 2. The van der Waals surface area contributed by atoms with E-state index in [4.69, 9.17) is 4.74 Å². The summed E-state index contributed by atoms with van der Waals surface area (Å²) in [6.45, 7) is 0.377. The molecule has 1 aliphatic heterocycles. The average molecular weight is 247 g/mol. The maximum atomic E-state index is 12.5. The molecule has 1 unspecified atom stereocenters. The van der Waals surface area contributed by atoms with E-state index in [0.717, 1.165) is 0 Å². The summed E-state index contributed by atoms with van der Waals surface area (Å²) in [5.74, 6) is -7.68. The molecule has 1 amide bonds. The Hall–Kier alpha value is -0.920. The number of nitrogens with one attached hydrogen (secondary N) is 1. The maximum Gasteiger partial charge on any atom is 0.463 e. The molecule has 1 rings (SSSR count). The molecule has 0 bridgehead atoms. The smallest absolute Gasteiger partial charge is 0.379 e. The molecular formula is C8H10F5NO2. The second-order valence-electron chi connectivity index (χ2n) is 3.46. The summed E-state index contributed by atoms with van der Waals surface area (Å²) in [5, 5.41) is 1.63. The van der Waals surface area contributed by atoms with Crippen molar-refractivity contribution in [2.75, 3.05) is 13.2 Å². The minimum absolute atomic E-state index is 0.0420. The fourth-order valence-corrected chi connectivity index (χ4v) is 1.26. The molecule has 94 valence electrons. The van der Waals surface area contributed by atoms with E-state index in [1.165, 1.54) is 0 Å². The summed E-state index contributed by atoms with van der Waals surface area (Å²) in [6, 6.07) is -0.783. The lowest BCUT2D eigenvalue weighted by molar-refractivity contribution is -0.270. The number of amides is 1. The molecule has 1 fully saturated rings. The van der Waals surface area contributed by atoms with Gasteiger partial charge in [0.05, 0.1) is 12.6 Å². The van der Waals surface area contributed by atoms with Crippen molar-refractivity contribution in [2.24, 2.45) is 0 Å². The fourth-order valence-electron chi connectivity index (χ4n) is 1.26. The highest BCUT2D eigenvalue weighted by molar-refractivity contribution is 5.84. The second-order valence-corrected chi connectivity index (χ2v) is 3.46. The van der Waals surface area contributed by atoms with E-state index in [9.17, 15) is 26.7 Å². The number of halogens is 5. The third kappa shape index (κ3) is 2.81. The van der Waals surface area contributed by atoms with Crippen molar-refractivity contribution in [2.45, 2.75) is 31.0 Å². The van der Waals surface area contributed by atoms with Gasteiger partial charge in [-0.05, 0) is 12.8 Å². The Labute approximate surface area is 87.9 Å². The van der Waals surface area contributed by atoms with Crippen molar-refractivity contribution in [1.29, 1.82) is 0 Å². The van der Waals surface area contributed by atoms with Gasteiger partial charge < -0.3 is 10.1 Å². The minimum atomic E-state index is -5.87. The zero-order chi connectivity index (χ0) is 12.4. The van der Waals surface area contributed by atoms with Crippen LogP contribution in [0.3, 0.4) is 0 Å². The number of hydrogen-bond donors (Lipinski definition) is 1. The molecule has 1 atom stereocenters. The van der Waals surface area contributed by atoms with Gasteiger partial charge in [-0.3, -0.25) is 4.79 Å². The summed E-state index contributed by atoms with van der Waals surface area (Å²) in [6.07, 6.45) is -5.02. The monoisotopic (exact) mass is 247 g/mol. The first-order chi connectivity index (χ1) is 7.25. The molecule has 0 saturated carbocycles. The predicted octanol–water partition coefficient (Wildman–Crippen LogP) is 1.48. The fraction of sp³-hybridized carbons (Fsp3) is 0.875. The van der Waals surface area contributed by atoms with Crippen LogP contribution in [-0.4, -0.2) is 37.3 Å². The largest absolute Gasteiger partial charge is 0.463 e. The molecule has 0 aliphatic carbocycles. The first-order valence-corrected chi connectivity index (χ1v) is 4.58. The van der Waals surface area contributed by atoms with Crippen molar-refractivity contribution in [3.8, 4) is 0 Å². The summed E-state index contributed by atoms with van der Waals surface area (Å²) in [4.78, 5) is 10.7. The van der Waals surface area contributed by atoms with Crippen molar-refractivity contribution in [3.05, 3.63) is 0 Å². The third-order valence-electron chi connectivity index (χ3n) is 2.14. The molecule has 3 nitrogen and oxygen atoms in total. The minimum Gasteiger partial charge on any atom is -0.379 e. The Morgan fingerprint density at radius 2 is 1.88 bits per heavy atom. The van der Waals surface area contributed by atoms with E-state index >= 15 is 0 Å². The highest BCUT2D eigenvalue weighted by atomic mass is 19.4. The van der Waals surface area contributed by atoms with E-state index in [-0.39, 0.29) is 6.61 Å². The Kier molecular flexibility index (Phi) is 3.72. The van der Waals surface area contributed by atoms with Gasteiger partial charge >= 0.3 is 18.0 Å². The van der Waals surface area contributed by atoms with E-state index in [2.05, 4.69) is 0 Å². The molecule has 0 radical (unpaired) electrons. The Morgan fingerprint density at radius 3 is 2.31 bits per heavy atom. The van der Waals surface area contributed by atoms with E-state index in [0.29, 0.717) is 19.4 Å². The zero-order valence-corrected chi connectivity index (χ0v) is 8.11. The number of carbonyl (C=O) groups excluding carboxylic acids is 1. The van der Waals surface area contributed by atoms with E-state index in [1.807, 2.05) is 0 Å². The Morgan fingerprint density at radius 1 is 1.25 bits per heavy atom. The van der Waals surface area contributed by atoms with Gasteiger partial charge in [0.2, 0.25) is 0 Å². The highest BCUT2D eigenvalue weighted by Crippen LogP contribution is 2.35. The summed E-state index contributed by atoms with van der Waals surface area (Å²) in [7, 11) is 0. The van der Waals surface area contributed by atoms with E-state index in [1.54, 1.807) is 5.32 Å². The van der Waals surface area contributed by atoms with Crippen LogP contribution in [0.2, 0.25) is 0 Å². The van der Waals surface area contributed by atoms with Crippen LogP contribution < -0.4 is 5.32 Å². The highest BCUT2D eigenvalue weighted by Gasteiger charge is 2.63. The summed E-state index contributed by atoms with van der Waals surface area (Å²) < 4.78 is 65.2. The van der Waals surface area contributed by atoms with Gasteiger partial charge in [0.15, 0.2) is 0 Å². The first-order valence-electron chi connectivity index (χ1n) is 4.58. The van der Waals surface area contributed by atoms with Gasteiger partial charge in [0.25, 0.3) is 0 Å². The van der Waals surface area contributed by atoms with Crippen LogP contribution in [0.25, 0.3) is 0 Å². The van der Waals surface area contributed by atoms with Crippen LogP contribution in [-0.2, 0) is 9.53 Å². The number of alkyl halides is 5. The van der Waals surface area contributed by atoms with Gasteiger partial charge in [0.1, 0.15) is 0 Å².